The molecule has 2 heterocycles. The molecule has 1 aromatic heterocycles. The van der Waals surface area contributed by atoms with Crippen molar-refractivity contribution in [1.82, 2.24) is 15.0 Å². The molecular formula is C24H25N3O3. The molecule has 6 heteroatoms. The minimum absolute atomic E-state index is 0.0274. The number of ether oxygens (including phenoxy) is 1. The number of rotatable bonds is 6. The van der Waals surface area contributed by atoms with Crippen molar-refractivity contribution in [2.75, 3.05) is 13.1 Å². The van der Waals surface area contributed by atoms with Gasteiger partial charge in [0.05, 0.1) is 0 Å². The first-order valence-electron chi connectivity index (χ1n) is 10.2. The highest BCUT2D eigenvalue weighted by atomic mass is 16.5. The van der Waals surface area contributed by atoms with Crippen molar-refractivity contribution in [3.05, 3.63) is 83.5 Å². The third kappa shape index (κ3) is 5.14. The van der Waals surface area contributed by atoms with E-state index in [1.807, 2.05) is 72.5 Å². The molecule has 6 nitrogen and oxygen atoms in total. The molecule has 1 aliphatic rings. The number of carbonyl (C=O) groups is 1. The highest BCUT2D eigenvalue weighted by Gasteiger charge is 2.26. The molecule has 0 saturated carbocycles. The lowest BCUT2D eigenvalue weighted by Crippen LogP contribution is -2.36. The molecule has 0 radical (unpaired) electrons. The van der Waals surface area contributed by atoms with Gasteiger partial charge in [-0.25, -0.2) is 0 Å². The summed E-state index contributed by atoms with van der Waals surface area (Å²) < 4.78 is 11.1. The first-order chi connectivity index (χ1) is 14.7. The van der Waals surface area contributed by atoms with E-state index in [1.165, 1.54) is 0 Å². The molecule has 1 amide bonds. The summed E-state index contributed by atoms with van der Waals surface area (Å²) in [4.78, 5) is 18.7. The molecule has 30 heavy (non-hydrogen) atoms. The number of benzene rings is 2. The molecule has 3 aromatic rings. The summed E-state index contributed by atoms with van der Waals surface area (Å²) in [7, 11) is 0. The van der Waals surface area contributed by atoms with E-state index in [0.717, 1.165) is 29.7 Å². The van der Waals surface area contributed by atoms with Gasteiger partial charge in [0, 0.05) is 25.1 Å². The SMILES string of the molecule is Cc1noc(C2CCN(C(=O)/C=C/c3ccc(OCc4ccccc4)cc3)CC2)n1. The highest BCUT2D eigenvalue weighted by Crippen LogP contribution is 2.26. The third-order valence-corrected chi connectivity index (χ3v) is 5.25. The van der Waals surface area contributed by atoms with Gasteiger partial charge in [-0.15, -0.1) is 0 Å². The normalized spacial score (nSPS) is 14.9. The standard InChI is InChI=1S/C24H25N3O3/c1-18-25-24(30-26-18)21-13-15-27(16-14-21)23(28)12-9-19-7-10-22(11-8-19)29-17-20-5-3-2-4-6-20/h2-12,21H,13-17H2,1H3/b12-9+. The van der Waals surface area contributed by atoms with Crippen molar-refractivity contribution in [2.24, 2.45) is 0 Å². The Morgan fingerprint density at radius 1 is 1.13 bits per heavy atom. The van der Waals surface area contributed by atoms with Crippen LogP contribution in [0.3, 0.4) is 0 Å². The van der Waals surface area contributed by atoms with Gasteiger partial charge in [-0.05, 0) is 49.1 Å². The summed E-state index contributed by atoms with van der Waals surface area (Å²) >= 11 is 0. The summed E-state index contributed by atoms with van der Waals surface area (Å²) in [5.41, 5.74) is 2.09. The number of piperidine rings is 1. The zero-order valence-electron chi connectivity index (χ0n) is 17.0. The van der Waals surface area contributed by atoms with Crippen LogP contribution in [0.1, 0.15) is 41.6 Å². The van der Waals surface area contributed by atoms with Gasteiger partial charge >= 0.3 is 0 Å². The zero-order valence-corrected chi connectivity index (χ0v) is 17.0. The van der Waals surface area contributed by atoms with Crippen molar-refractivity contribution >= 4 is 12.0 Å². The average molecular weight is 403 g/mol. The molecule has 0 N–H and O–H groups in total. The molecule has 1 saturated heterocycles. The molecule has 0 atom stereocenters. The summed E-state index contributed by atoms with van der Waals surface area (Å²) in [6.07, 6.45) is 5.16. The Morgan fingerprint density at radius 2 is 1.87 bits per heavy atom. The fraction of sp³-hybridized carbons (Fsp3) is 0.292. The molecule has 0 unspecified atom stereocenters. The maximum Gasteiger partial charge on any atom is 0.246 e. The smallest absolute Gasteiger partial charge is 0.246 e. The first-order valence-corrected chi connectivity index (χ1v) is 10.2. The Bertz CT molecular complexity index is 988. The van der Waals surface area contributed by atoms with Gasteiger partial charge in [-0.1, -0.05) is 47.6 Å². The van der Waals surface area contributed by atoms with E-state index in [-0.39, 0.29) is 11.8 Å². The van der Waals surface area contributed by atoms with Crippen LogP contribution in [0.25, 0.3) is 6.08 Å². The Morgan fingerprint density at radius 3 is 2.53 bits per heavy atom. The van der Waals surface area contributed by atoms with Crippen molar-refractivity contribution in [3.63, 3.8) is 0 Å². The molecule has 2 aromatic carbocycles. The fourth-order valence-corrected chi connectivity index (χ4v) is 3.51. The Labute approximate surface area is 176 Å². The molecule has 154 valence electrons. The summed E-state index contributed by atoms with van der Waals surface area (Å²) in [5, 5.41) is 3.86. The van der Waals surface area contributed by atoms with Crippen LogP contribution >= 0.6 is 0 Å². The predicted molar refractivity (Wildman–Crippen MR) is 114 cm³/mol. The van der Waals surface area contributed by atoms with Crippen LogP contribution in [0, 0.1) is 6.92 Å². The third-order valence-electron chi connectivity index (χ3n) is 5.25. The largest absolute Gasteiger partial charge is 0.489 e. The molecule has 0 bridgehead atoms. The minimum Gasteiger partial charge on any atom is -0.489 e. The number of nitrogens with zero attached hydrogens (tertiary/aromatic N) is 3. The van der Waals surface area contributed by atoms with Crippen LogP contribution in [0.2, 0.25) is 0 Å². The van der Waals surface area contributed by atoms with Crippen molar-refractivity contribution < 1.29 is 14.1 Å². The Hall–Kier alpha value is -3.41. The number of aryl methyl sites for hydroxylation is 1. The van der Waals surface area contributed by atoms with Crippen LogP contribution in [0.15, 0.2) is 65.2 Å². The first kappa shape index (κ1) is 19.9. The molecule has 1 aliphatic heterocycles. The number of hydrogen-bond acceptors (Lipinski definition) is 5. The van der Waals surface area contributed by atoms with Gasteiger partial charge in [-0.2, -0.15) is 4.98 Å². The highest BCUT2D eigenvalue weighted by molar-refractivity contribution is 5.91. The zero-order chi connectivity index (χ0) is 20.8. The van der Waals surface area contributed by atoms with E-state index in [4.69, 9.17) is 9.26 Å². The van der Waals surface area contributed by atoms with E-state index in [1.54, 1.807) is 6.08 Å². The number of amides is 1. The van der Waals surface area contributed by atoms with Crippen LogP contribution in [0.5, 0.6) is 5.75 Å². The maximum atomic E-state index is 12.5. The lowest BCUT2D eigenvalue weighted by Gasteiger charge is -2.29. The van der Waals surface area contributed by atoms with Gasteiger partial charge in [0.15, 0.2) is 5.82 Å². The second-order valence-electron chi connectivity index (χ2n) is 7.46. The number of aromatic nitrogens is 2. The van der Waals surface area contributed by atoms with Crippen LogP contribution < -0.4 is 4.74 Å². The molecule has 1 fully saturated rings. The van der Waals surface area contributed by atoms with E-state index in [2.05, 4.69) is 10.1 Å². The van der Waals surface area contributed by atoms with Crippen molar-refractivity contribution in [2.45, 2.75) is 32.3 Å². The predicted octanol–water partition coefficient (Wildman–Crippen LogP) is 4.38. The second kappa shape index (κ2) is 9.39. The van der Waals surface area contributed by atoms with Crippen LogP contribution in [-0.4, -0.2) is 34.0 Å². The number of carbonyl (C=O) groups excluding carboxylic acids is 1. The van der Waals surface area contributed by atoms with Gasteiger partial charge < -0.3 is 14.2 Å². The molecule has 4 rings (SSSR count). The van der Waals surface area contributed by atoms with Gasteiger partial charge in [0.25, 0.3) is 0 Å². The monoisotopic (exact) mass is 403 g/mol. The van der Waals surface area contributed by atoms with Gasteiger partial charge in [0.1, 0.15) is 12.4 Å². The summed E-state index contributed by atoms with van der Waals surface area (Å²) in [5.74, 6) is 2.41. The Kier molecular flexibility index (Phi) is 6.23. The number of hydrogen-bond donors (Lipinski definition) is 0. The van der Waals surface area contributed by atoms with Crippen LogP contribution in [0.4, 0.5) is 0 Å². The lowest BCUT2D eigenvalue weighted by atomic mass is 9.96. The van der Waals surface area contributed by atoms with E-state index < -0.39 is 0 Å². The van der Waals surface area contributed by atoms with Gasteiger partial charge in [-0.3, -0.25) is 4.79 Å². The second-order valence-corrected chi connectivity index (χ2v) is 7.46. The summed E-state index contributed by atoms with van der Waals surface area (Å²) in [6, 6.07) is 17.8. The van der Waals surface area contributed by atoms with Crippen LogP contribution in [-0.2, 0) is 11.4 Å². The quantitative estimate of drug-likeness (QED) is 0.572. The van der Waals surface area contributed by atoms with E-state index in [9.17, 15) is 4.79 Å². The lowest BCUT2D eigenvalue weighted by molar-refractivity contribution is -0.127. The molecular weight excluding hydrogens is 378 g/mol. The number of likely N-dealkylation sites (tertiary alicyclic amines) is 1. The van der Waals surface area contributed by atoms with E-state index in [0.29, 0.717) is 31.4 Å². The van der Waals surface area contributed by atoms with E-state index >= 15 is 0 Å². The molecule has 0 aliphatic carbocycles. The van der Waals surface area contributed by atoms with Crippen molar-refractivity contribution in [1.29, 1.82) is 0 Å². The minimum atomic E-state index is 0.0274. The maximum absolute atomic E-state index is 12.5. The fourth-order valence-electron chi connectivity index (χ4n) is 3.51. The average Bonchev–Trinajstić information content (AvgIpc) is 3.24. The summed E-state index contributed by atoms with van der Waals surface area (Å²) in [6.45, 7) is 3.75. The van der Waals surface area contributed by atoms with Crippen molar-refractivity contribution in [3.8, 4) is 5.75 Å². The topological polar surface area (TPSA) is 68.5 Å². The molecule has 0 spiro atoms. The van der Waals surface area contributed by atoms with Gasteiger partial charge in [0.2, 0.25) is 11.8 Å². The Balaban J connectivity index is 1.26.